The minimum Gasteiger partial charge on any atom is -0.492 e. The predicted molar refractivity (Wildman–Crippen MR) is 139 cm³/mol. The smallest absolute Gasteiger partial charge is 0.410 e. The van der Waals surface area contributed by atoms with Gasteiger partial charge in [0.05, 0.1) is 13.2 Å². The molecule has 1 fully saturated rings. The fourth-order valence-electron chi connectivity index (χ4n) is 5.46. The number of hydrogen-bond acceptors (Lipinski definition) is 7. The topological polar surface area (TPSA) is 128 Å². The van der Waals surface area contributed by atoms with Crippen molar-refractivity contribution in [3.63, 3.8) is 0 Å². The molecule has 3 aliphatic heterocycles. The molecule has 208 valence electrons. The van der Waals surface area contributed by atoms with E-state index in [1.165, 1.54) is 4.90 Å². The van der Waals surface area contributed by atoms with E-state index in [-0.39, 0.29) is 36.8 Å². The van der Waals surface area contributed by atoms with Gasteiger partial charge in [0, 0.05) is 41.6 Å². The van der Waals surface area contributed by atoms with Crippen LogP contribution in [0.4, 0.5) is 4.79 Å². The molecule has 3 amide bonds. The molecule has 0 bridgehead atoms. The Morgan fingerprint density at radius 1 is 1.05 bits per heavy atom. The largest absolute Gasteiger partial charge is 0.492 e. The molecule has 0 saturated carbocycles. The number of esters is 1. The van der Waals surface area contributed by atoms with Crippen LogP contribution in [0.5, 0.6) is 5.75 Å². The summed E-state index contributed by atoms with van der Waals surface area (Å²) in [5, 5.41) is 0. The maximum Gasteiger partial charge on any atom is 0.410 e. The van der Waals surface area contributed by atoms with Gasteiger partial charge in [-0.05, 0) is 66.9 Å². The van der Waals surface area contributed by atoms with E-state index in [0.717, 1.165) is 24.0 Å². The number of fused-ring (bicyclic) bond motifs is 4. The highest BCUT2D eigenvalue weighted by atomic mass is 16.6. The zero-order valence-electron chi connectivity index (χ0n) is 23.2. The molecule has 38 heavy (non-hydrogen) atoms. The Morgan fingerprint density at radius 2 is 1.68 bits per heavy atom. The van der Waals surface area contributed by atoms with Gasteiger partial charge < -0.3 is 29.7 Å². The van der Waals surface area contributed by atoms with Gasteiger partial charge in [-0.25, -0.2) is 4.79 Å². The zero-order chi connectivity index (χ0) is 28.0. The Hall–Kier alpha value is -3.30. The first-order chi connectivity index (χ1) is 17.6. The fraction of sp³-hybridized carbons (Fsp3) is 0.643. The maximum absolute atomic E-state index is 13.3. The number of primary amides is 1. The average molecular weight is 530 g/mol. The van der Waals surface area contributed by atoms with E-state index in [0.29, 0.717) is 31.0 Å². The Kier molecular flexibility index (Phi) is 7.14. The van der Waals surface area contributed by atoms with Crippen molar-refractivity contribution < 1.29 is 33.4 Å². The summed E-state index contributed by atoms with van der Waals surface area (Å²) in [6.07, 6.45) is 1.17. The Bertz CT molecular complexity index is 1140. The van der Waals surface area contributed by atoms with E-state index in [2.05, 4.69) is 0 Å². The average Bonchev–Trinajstić information content (AvgIpc) is 3.30. The third kappa shape index (κ3) is 5.59. The summed E-state index contributed by atoms with van der Waals surface area (Å²) in [4.78, 5) is 53.6. The van der Waals surface area contributed by atoms with Crippen LogP contribution in [-0.4, -0.2) is 70.6 Å². The van der Waals surface area contributed by atoms with Crippen LogP contribution in [0.1, 0.15) is 88.7 Å². The van der Waals surface area contributed by atoms with Gasteiger partial charge in [-0.2, -0.15) is 0 Å². The van der Waals surface area contributed by atoms with Crippen molar-refractivity contribution >= 4 is 23.9 Å². The maximum atomic E-state index is 13.3. The Morgan fingerprint density at radius 3 is 2.26 bits per heavy atom. The minimum absolute atomic E-state index is 0.0309. The SMILES string of the molecule is CC(C)(C)OC(=O)CC[C@@H](C(N)=O)N1Cc2c(ccc3c2OCC32CCN(C(=O)OC(C)(C)C)CC2)C1=O. The van der Waals surface area contributed by atoms with Crippen molar-refractivity contribution in [3.8, 4) is 5.75 Å². The van der Waals surface area contributed by atoms with Crippen LogP contribution < -0.4 is 10.5 Å². The Labute approximate surface area is 223 Å². The number of likely N-dealkylation sites (tertiary alicyclic amines) is 1. The van der Waals surface area contributed by atoms with Gasteiger partial charge in [0.2, 0.25) is 5.91 Å². The van der Waals surface area contributed by atoms with Gasteiger partial charge in [0.25, 0.3) is 5.91 Å². The van der Waals surface area contributed by atoms with Crippen LogP contribution in [0.2, 0.25) is 0 Å². The third-order valence-electron chi connectivity index (χ3n) is 7.26. The third-order valence-corrected chi connectivity index (χ3v) is 7.26. The summed E-state index contributed by atoms with van der Waals surface area (Å²) in [5.41, 5.74) is 6.47. The van der Waals surface area contributed by atoms with Crippen LogP contribution in [0.25, 0.3) is 0 Å². The van der Waals surface area contributed by atoms with Crippen LogP contribution in [0.3, 0.4) is 0 Å². The summed E-state index contributed by atoms with van der Waals surface area (Å²) in [5.74, 6) is -0.741. The predicted octanol–water partition coefficient (Wildman–Crippen LogP) is 3.28. The van der Waals surface area contributed by atoms with Crippen LogP contribution in [0, 0.1) is 0 Å². The fourth-order valence-corrected chi connectivity index (χ4v) is 5.46. The van der Waals surface area contributed by atoms with E-state index in [1.54, 1.807) is 31.7 Å². The lowest BCUT2D eigenvalue weighted by molar-refractivity contribution is -0.155. The molecule has 0 aromatic heterocycles. The lowest BCUT2D eigenvalue weighted by Crippen LogP contribution is -2.47. The molecule has 4 rings (SSSR count). The molecule has 3 heterocycles. The number of benzene rings is 1. The van der Waals surface area contributed by atoms with Gasteiger partial charge in [0.15, 0.2) is 0 Å². The van der Waals surface area contributed by atoms with Gasteiger partial charge in [0.1, 0.15) is 23.0 Å². The van der Waals surface area contributed by atoms with Crippen LogP contribution >= 0.6 is 0 Å². The molecule has 1 aromatic rings. The second-order valence-electron chi connectivity index (χ2n) is 12.5. The summed E-state index contributed by atoms with van der Waals surface area (Å²) >= 11 is 0. The van der Waals surface area contributed by atoms with E-state index in [1.807, 2.05) is 26.8 Å². The van der Waals surface area contributed by atoms with Crippen molar-refractivity contribution in [3.05, 3.63) is 28.8 Å². The van der Waals surface area contributed by atoms with E-state index >= 15 is 0 Å². The second-order valence-corrected chi connectivity index (χ2v) is 12.5. The number of carbonyl (C=O) groups is 4. The number of nitrogens with zero attached hydrogens (tertiary/aromatic N) is 2. The number of rotatable bonds is 5. The van der Waals surface area contributed by atoms with Crippen LogP contribution in [-0.2, 0) is 31.0 Å². The van der Waals surface area contributed by atoms with Crippen molar-refractivity contribution in [2.24, 2.45) is 5.73 Å². The van der Waals surface area contributed by atoms with Gasteiger partial charge in [-0.3, -0.25) is 14.4 Å². The first-order valence-electron chi connectivity index (χ1n) is 13.2. The standard InChI is InChI=1S/C28H39N3O7/c1-26(2,3)37-21(32)10-9-20(23(29)33)31-15-18-17(24(31)34)7-8-19-22(18)36-16-28(19)11-13-30(14-12-28)25(35)38-27(4,5)6/h7-8,20H,9-16H2,1-6H3,(H2,29,33)/t20-/m0/s1. The highest BCUT2D eigenvalue weighted by Crippen LogP contribution is 2.49. The normalized spacial score (nSPS) is 19.1. The molecule has 0 aliphatic carbocycles. The molecule has 1 saturated heterocycles. The van der Waals surface area contributed by atoms with E-state index < -0.39 is 29.1 Å². The van der Waals surface area contributed by atoms with Gasteiger partial charge >= 0.3 is 12.1 Å². The first-order valence-corrected chi connectivity index (χ1v) is 13.2. The molecule has 0 radical (unpaired) electrons. The number of amides is 3. The molecule has 1 atom stereocenters. The number of hydrogen-bond donors (Lipinski definition) is 1. The van der Waals surface area contributed by atoms with Gasteiger partial charge in [-0.15, -0.1) is 0 Å². The quantitative estimate of drug-likeness (QED) is 0.580. The Balaban J connectivity index is 1.48. The monoisotopic (exact) mass is 529 g/mol. The summed E-state index contributed by atoms with van der Waals surface area (Å²) < 4.78 is 17.1. The molecule has 10 heteroatoms. The lowest BCUT2D eigenvalue weighted by atomic mass is 9.74. The molecular weight excluding hydrogens is 490 g/mol. The zero-order valence-corrected chi connectivity index (χ0v) is 23.2. The second kappa shape index (κ2) is 9.78. The van der Waals surface area contributed by atoms with E-state index in [9.17, 15) is 19.2 Å². The highest BCUT2D eigenvalue weighted by Gasteiger charge is 2.47. The van der Waals surface area contributed by atoms with Gasteiger partial charge in [-0.1, -0.05) is 6.07 Å². The molecular formula is C28H39N3O7. The van der Waals surface area contributed by atoms with Crippen molar-refractivity contribution in [1.82, 2.24) is 9.80 Å². The summed E-state index contributed by atoms with van der Waals surface area (Å²) in [6.45, 7) is 12.6. The number of piperidine rings is 1. The van der Waals surface area contributed by atoms with Crippen molar-refractivity contribution in [2.75, 3.05) is 19.7 Å². The molecule has 0 unspecified atom stereocenters. The highest BCUT2D eigenvalue weighted by molar-refractivity contribution is 6.02. The molecule has 10 nitrogen and oxygen atoms in total. The summed E-state index contributed by atoms with van der Waals surface area (Å²) in [6, 6.07) is 2.79. The minimum atomic E-state index is -0.939. The molecule has 3 aliphatic rings. The number of ether oxygens (including phenoxy) is 3. The number of nitrogens with two attached hydrogens (primary N) is 1. The van der Waals surface area contributed by atoms with Crippen molar-refractivity contribution in [2.45, 2.75) is 96.4 Å². The lowest BCUT2D eigenvalue weighted by Gasteiger charge is -2.38. The summed E-state index contributed by atoms with van der Waals surface area (Å²) in [7, 11) is 0. The number of carbonyl (C=O) groups excluding carboxylic acids is 4. The molecule has 1 spiro atoms. The van der Waals surface area contributed by atoms with Crippen molar-refractivity contribution in [1.29, 1.82) is 0 Å². The van der Waals surface area contributed by atoms with Crippen LogP contribution in [0.15, 0.2) is 12.1 Å². The van der Waals surface area contributed by atoms with E-state index in [4.69, 9.17) is 19.9 Å². The molecule has 1 aromatic carbocycles. The first kappa shape index (κ1) is 27.7. The molecule has 2 N–H and O–H groups in total.